The molecule has 0 spiro atoms. The van der Waals surface area contributed by atoms with Crippen LogP contribution >= 0.6 is 0 Å². The van der Waals surface area contributed by atoms with Crippen molar-refractivity contribution in [1.82, 2.24) is 20.0 Å². The van der Waals surface area contributed by atoms with Crippen molar-refractivity contribution < 1.29 is 9.59 Å². The smallest absolute Gasteiger partial charge is 0.275 e. The molecule has 3 heterocycles. The molecule has 2 aliphatic heterocycles. The van der Waals surface area contributed by atoms with Crippen LogP contribution in [0.1, 0.15) is 55.6 Å². The Bertz CT molecular complexity index is 1220. The van der Waals surface area contributed by atoms with Crippen molar-refractivity contribution in [2.75, 3.05) is 0 Å². The minimum absolute atomic E-state index is 0.00436. The number of amides is 2. The number of piperidine rings is 1. The number of carbonyl (C=O) groups excluding carboxylic acids is 2. The first-order valence-corrected chi connectivity index (χ1v) is 12.1. The second kappa shape index (κ2) is 7.44. The van der Waals surface area contributed by atoms with Gasteiger partial charge in [-0.05, 0) is 43.7 Å². The number of carbonyl (C=O) groups is 2. The molecular weight excluding hydrogens is 412 g/mol. The van der Waals surface area contributed by atoms with Crippen LogP contribution in [0.4, 0.5) is 0 Å². The van der Waals surface area contributed by atoms with Crippen LogP contribution in [0.5, 0.6) is 0 Å². The van der Waals surface area contributed by atoms with Crippen molar-refractivity contribution in [2.24, 2.45) is 5.41 Å². The van der Waals surface area contributed by atoms with E-state index in [1.807, 2.05) is 42.5 Å². The Morgan fingerprint density at radius 3 is 2.48 bits per heavy atom. The minimum atomic E-state index is -0.0798. The van der Waals surface area contributed by atoms with Crippen LogP contribution in [-0.4, -0.2) is 56.0 Å². The number of nitrogens with zero attached hydrogens (tertiary/aromatic N) is 3. The lowest BCUT2D eigenvalue weighted by atomic mass is 9.64. The highest BCUT2D eigenvalue weighted by atomic mass is 16.2. The van der Waals surface area contributed by atoms with Gasteiger partial charge in [-0.3, -0.25) is 14.7 Å². The molecule has 2 saturated heterocycles. The van der Waals surface area contributed by atoms with Gasteiger partial charge >= 0.3 is 0 Å². The molecule has 3 aromatic rings. The van der Waals surface area contributed by atoms with Crippen LogP contribution < -0.4 is 0 Å². The zero-order valence-corrected chi connectivity index (χ0v) is 19.2. The molecule has 5 atom stereocenters. The van der Waals surface area contributed by atoms with Crippen molar-refractivity contribution in [3.8, 4) is 0 Å². The summed E-state index contributed by atoms with van der Waals surface area (Å²) in [6.07, 6.45) is 4.73. The van der Waals surface area contributed by atoms with E-state index in [-0.39, 0.29) is 41.4 Å². The highest BCUT2D eigenvalue weighted by molar-refractivity contribution is 6.05. The second-order valence-corrected chi connectivity index (χ2v) is 10.3. The van der Waals surface area contributed by atoms with E-state index < -0.39 is 0 Å². The number of benzene rings is 2. The van der Waals surface area contributed by atoms with E-state index in [2.05, 4.69) is 39.1 Å². The monoisotopic (exact) mass is 442 g/mol. The summed E-state index contributed by atoms with van der Waals surface area (Å²) >= 11 is 0. The third-order valence-corrected chi connectivity index (χ3v) is 8.52. The van der Waals surface area contributed by atoms with Gasteiger partial charge in [-0.15, -0.1) is 0 Å². The van der Waals surface area contributed by atoms with Gasteiger partial charge < -0.3 is 9.80 Å². The zero-order valence-electron chi connectivity index (χ0n) is 19.2. The molecule has 6 nitrogen and oxygen atoms in total. The fraction of sp³-hybridized carbons (Fsp3) is 0.444. The Balaban J connectivity index is 1.46. The van der Waals surface area contributed by atoms with Crippen LogP contribution in [0.2, 0.25) is 0 Å². The number of H-pyrrole nitrogens is 1. The van der Waals surface area contributed by atoms with E-state index in [1.54, 1.807) is 6.92 Å². The lowest BCUT2D eigenvalue weighted by molar-refractivity contribution is -0.142. The van der Waals surface area contributed by atoms with E-state index >= 15 is 0 Å². The number of para-hydroxylation sites is 1. The lowest BCUT2D eigenvalue weighted by Gasteiger charge is -2.52. The number of hydrogen-bond donors (Lipinski definition) is 1. The minimum Gasteiger partial charge on any atom is -0.334 e. The summed E-state index contributed by atoms with van der Waals surface area (Å²) in [5.41, 5.74) is 2.50. The largest absolute Gasteiger partial charge is 0.334 e. The van der Waals surface area contributed by atoms with Crippen LogP contribution in [-0.2, 0) is 11.2 Å². The number of fused-ring (bicyclic) bond motifs is 2. The van der Waals surface area contributed by atoms with Gasteiger partial charge in [-0.1, -0.05) is 55.5 Å². The van der Waals surface area contributed by atoms with Gasteiger partial charge in [0.1, 0.15) is 0 Å². The zero-order chi connectivity index (χ0) is 22.7. The van der Waals surface area contributed by atoms with Crippen molar-refractivity contribution in [1.29, 1.82) is 0 Å². The summed E-state index contributed by atoms with van der Waals surface area (Å²) in [6.45, 7) is 4.00. The second-order valence-electron chi connectivity index (χ2n) is 10.3. The van der Waals surface area contributed by atoms with Gasteiger partial charge in [0.05, 0.1) is 17.6 Å². The molecule has 0 unspecified atom stereocenters. The molecule has 0 radical (unpaired) electrons. The van der Waals surface area contributed by atoms with E-state index in [4.69, 9.17) is 0 Å². The molecule has 3 fully saturated rings. The Hall–Kier alpha value is -3.15. The predicted octanol–water partition coefficient (Wildman–Crippen LogP) is 4.18. The molecule has 1 saturated carbocycles. The summed E-state index contributed by atoms with van der Waals surface area (Å²) in [7, 11) is 0. The van der Waals surface area contributed by atoms with Crippen molar-refractivity contribution in [2.45, 2.75) is 70.1 Å². The van der Waals surface area contributed by atoms with Crippen molar-refractivity contribution >= 4 is 22.7 Å². The first-order chi connectivity index (χ1) is 16.0. The first kappa shape index (κ1) is 20.5. The van der Waals surface area contributed by atoms with E-state index in [1.165, 1.54) is 5.56 Å². The Morgan fingerprint density at radius 2 is 1.73 bits per heavy atom. The summed E-state index contributed by atoms with van der Waals surface area (Å²) in [5.74, 6) is 0.118. The van der Waals surface area contributed by atoms with Crippen molar-refractivity contribution in [3.05, 3.63) is 65.9 Å². The number of aromatic nitrogens is 2. The van der Waals surface area contributed by atoms with Gasteiger partial charge in [0.15, 0.2) is 5.69 Å². The lowest BCUT2D eigenvalue weighted by Crippen LogP contribution is -2.62. The van der Waals surface area contributed by atoms with Gasteiger partial charge in [0, 0.05) is 29.8 Å². The molecule has 6 rings (SSSR count). The van der Waals surface area contributed by atoms with Crippen LogP contribution in [0.3, 0.4) is 0 Å². The Labute approximate surface area is 194 Å². The first-order valence-electron chi connectivity index (χ1n) is 12.1. The summed E-state index contributed by atoms with van der Waals surface area (Å²) in [5, 5.41) is 8.35. The average molecular weight is 443 g/mol. The summed E-state index contributed by atoms with van der Waals surface area (Å²) in [4.78, 5) is 31.4. The SMILES string of the molecule is CC(=O)N1[C@@H](Cc2ccccc2)[C@@H]2C[C@@]3(C)[C@H](CCC[C@@H]13)N2C(=O)c1n[nH]c2ccccc12. The number of hydrogen-bond acceptors (Lipinski definition) is 3. The highest BCUT2D eigenvalue weighted by Gasteiger charge is 2.64. The van der Waals surface area contributed by atoms with E-state index in [0.29, 0.717) is 5.69 Å². The predicted molar refractivity (Wildman–Crippen MR) is 127 cm³/mol. The molecule has 6 heteroatoms. The summed E-state index contributed by atoms with van der Waals surface area (Å²) in [6, 6.07) is 18.4. The van der Waals surface area contributed by atoms with Crippen LogP contribution in [0, 0.1) is 5.41 Å². The normalized spacial score (nSPS) is 30.6. The fourth-order valence-electron chi connectivity index (χ4n) is 7.17. The van der Waals surface area contributed by atoms with Crippen LogP contribution in [0.25, 0.3) is 10.9 Å². The molecule has 33 heavy (non-hydrogen) atoms. The van der Waals surface area contributed by atoms with Gasteiger partial charge in [0.25, 0.3) is 5.91 Å². The van der Waals surface area contributed by atoms with E-state index in [0.717, 1.165) is 43.0 Å². The molecule has 2 aromatic carbocycles. The van der Waals surface area contributed by atoms with Gasteiger partial charge in [-0.25, -0.2) is 0 Å². The maximum absolute atomic E-state index is 14.1. The highest BCUT2D eigenvalue weighted by Crippen LogP contribution is 2.56. The number of likely N-dealkylation sites (tertiary alicyclic amines) is 2. The number of aromatic amines is 1. The standard InChI is InChI=1S/C27H30N4O2/c1-17(32)30-21(15-18-9-4-3-5-10-18)22-16-27(2)23(30)13-8-14-24(27)31(22)26(33)25-19-11-6-7-12-20(19)28-29-25/h3-7,9-12,21-24H,8,13-16H2,1-2H3,(H,28,29)/t21-,22-,23+,24-,27+/m0/s1. The van der Waals surface area contributed by atoms with E-state index in [9.17, 15) is 9.59 Å². The Morgan fingerprint density at radius 1 is 1.03 bits per heavy atom. The van der Waals surface area contributed by atoms with Gasteiger partial charge in [0.2, 0.25) is 5.91 Å². The molecule has 1 aliphatic carbocycles. The topological polar surface area (TPSA) is 69.3 Å². The molecule has 3 aliphatic rings. The third-order valence-electron chi connectivity index (χ3n) is 8.52. The maximum atomic E-state index is 14.1. The van der Waals surface area contributed by atoms with Crippen LogP contribution in [0.15, 0.2) is 54.6 Å². The van der Waals surface area contributed by atoms with Gasteiger partial charge in [-0.2, -0.15) is 5.10 Å². The molecule has 170 valence electrons. The quantitative estimate of drug-likeness (QED) is 0.662. The molecule has 2 amide bonds. The fourth-order valence-corrected chi connectivity index (χ4v) is 7.17. The summed E-state index contributed by atoms with van der Waals surface area (Å²) < 4.78 is 0. The Kier molecular flexibility index (Phi) is 4.61. The number of nitrogens with one attached hydrogen (secondary N) is 1. The number of rotatable bonds is 3. The molecule has 2 bridgehead atoms. The molecule has 1 aromatic heterocycles. The van der Waals surface area contributed by atoms with Crippen molar-refractivity contribution in [3.63, 3.8) is 0 Å². The molecule has 1 N–H and O–H groups in total. The maximum Gasteiger partial charge on any atom is 0.275 e. The average Bonchev–Trinajstić information content (AvgIpc) is 3.37. The molecular formula is C27H30N4O2. The third kappa shape index (κ3) is 2.96.